The van der Waals surface area contributed by atoms with Crippen molar-refractivity contribution < 1.29 is 43.9 Å². The number of benzene rings is 1. The molecule has 3 atom stereocenters. The van der Waals surface area contributed by atoms with Gasteiger partial charge < -0.3 is 44.5 Å². The molecule has 1 aromatic carbocycles. The zero-order chi connectivity index (χ0) is 30.6. The Labute approximate surface area is 260 Å². The van der Waals surface area contributed by atoms with Crippen molar-refractivity contribution in [3.8, 4) is 11.5 Å². The van der Waals surface area contributed by atoms with Gasteiger partial charge in [-0.3, -0.25) is 14.5 Å². The Morgan fingerprint density at radius 2 is 1.93 bits per heavy atom. The van der Waals surface area contributed by atoms with Gasteiger partial charge in [0, 0.05) is 57.6 Å². The molecule has 1 aliphatic carbocycles. The fourth-order valence-corrected chi connectivity index (χ4v) is 5.87. The molecule has 0 radical (unpaired) electrons. The maximum absolute atomic E-state index is 13.6. The molecule has 2 amide bonds. The number of hydrogen-bond donors (Lipinski definition) is 4. The average Bonchev–Trinajstić information content (AvgIpc) is 2.98. The van der Waals surface area contributed by atoms with Crippen molar-refractivity contribution in [3.63, 3.8) is 0 Å². The zero-order valence-corrected chi connectivity index (χ0v) is 26.4. The second-order valence-electron chi connectivity index (χ2n) is 10.4. The van der Waals surface area contributed by atoms with Crippen molar-refractivity contribution in [1.29, 1.82) is 0 Å². The van der Waals surface area contributed by atoms with Gasteiger partial charge in [-0.15, -0.1) is 0 Å². The van der Waals surface area contributed by atoms with E-state index in [0.29, 0.717) is 58.9 Å². The highest BCUT2D eigenvalue weighted by Crippen LogP contribution is 2.37. The van der Waals surface area contributed by atoms with E-state index in [1.807, 2.05) is 0 Å². The highest BCUT2D eigenvalue weighted by atomic mass is 127. The number of nitrogens with one attached hydrogen (secondary N) is 1. The monoisotopic (exact) mass is 703 g/mol. The van der Waals surface area contributed by atoms with E-state index in [1.165, 1.54) is 14.0 Å². The van der Waals surface area contributed by atoms with Crippen LogP contribution in [0.4, 0.5) is 0 Å². The highest BCUT2D eigenvalue weighted by molar-refractivity contribution is 14.1. The third-order valence-electron chi connectivity index (χ3n) is 7.34. The minimum atomic E-state index is -1.20. The largest absolute Gasteiger partial charge is 0.493 e. The van der Waals surface area contributed by atoms with Crippen LogP contribution in [0.3, 0.4) is 0 Å². The van der Waals surface area contributed by atoms with Crippen LogP contribution in [0.2, 0.25) is 0 Å². The van der Waals surface area contributed by atoms with Gasteiger partial charge in [-0.2, -0.15) is 0 Å². The summed E-state index contributed by atoms with van der Waals surface area (Å²) < 4.78 is 17.9. The van der Waals surface area contributed by atoms with Gasteiger partial charge in [0.15, 0.2) is 11.5 Å². The van der Waals surface area contributed by atoms with Gasteiger partial charge >= 0.3 is 0 Å². The smallest absolute Gasteiger partial charge is 0.247 e. The molecular weight excluding hydrogens is 661 g/mol. The lowest BCUT2D eigenvalue weighted by Crippen LogP contribution is -2.56. The summed E-state index contributed by atoms with van der Waals surface area (Å²) >= 11 is 2.05. The van der Waals surface area contributed by atoms with E-state index < -0.39 is 24.2 Å². The van der Waals surface area contributed by atoms with E-state index in [9.17, 15) is 29.7 Å². The lowest BCUT2D eigenvalue weighted by molar-refractivity contribution is -0.139. The number of nitrogens with zero attached hydrogens (tertiary/aromatic N) is 2. The van der Waals surface area contributed by atoms with E-state index in [1.54, 1.807) is 23.1 Å². The number of carbonyl (C=O) groups is 3. The topological polar surface area (TPSA) is 158 Å². The van der Waals surface area contributed by atoms with E-state index in [4.69, 9.17) is 14.2 Å². The number of ether oxygens (including phenoxy) is 3. The zero-order valence-electron chi connectivity index (χ0n) is 24.2. The van der Waals surface area contributed by atoms with E-state index in [2.05, 4.69) is 32.8 Å². The van der Waals surface area contributed by atoms with Crippen LogP contribution in [0, 0.1) is 3.57 Å². The first-order valence-corrected chi connectivity index (χ1v) is 15.3. The Morgan fingerprint density at radius 3 is 2.57 bits per heavy atom. The first-order chi connectivity index (χ1) is 20.2. The van der Waals surface area contributed by atoms with Crippen LogP contribution in [0.25, 0.3) is 0 Å². The van der Waals surface area contributed by atoms with Crippen LogP contribution in [0.1, 0.15) is 38.2 Å². The summed E-state index contributed by atoms with van der Waals surface area (Å²) in [5.41, 5.74) is 0.938. The molecule has 0 saturated carbocycles. The summed E-state index contributed by atoms with van der Waals surface area (Å²) in [6, 6.07) is 2.58. The Hall–Kier alpha value is -2.30. The van der Waals surface area contributed by atoms with Crippen molar-refractivity contribution in [2.24, 2.45) is 0 Å². The van der Waals surface area contributed by atoms with Crippen LogP contribution in [-0.4, -0.2) is 121 Å². The molecule has 1 aliphatic heterocycles. The Balaban J connectivity index is 1.94. The molecule has 42 heavy (non-hydrogen) atoms. The third kappa shape index (κ3) is 9.61. The van der Waals surface area contributed by atoms with E-state index in [0.717, 1.165) is 13.1 Å². The van der Waals surface area contributed by atoms with E-state index in [-0.39, 0.29) is 50.7 Å². The number of aliphatic hydroxyl groups excluding tert-OH is 3. The van der Waals surface area contributed by atoms with Crippen LogP contribution < -0.4 is 14.8 Å². The molecule has 0 bridgehead atoms. The fraction of sp³-hybridized carbons (Fsp3) is 0.621. The standard InChI is InChI=1S/C29H42IN3O9/c1-19(36)4-3-5-26(37)33(8-7-32-9-12-41-13-10-32)23-16-21(29(39)31-6-11-34)17-24(27(23)38)42-28-22(30)14-20(18-35)15-25(28)40-2/h14-15,17,23-24,27,34-35,38H,3-13,16,18H2,1-2H3,(H,31,39). The molecule has 12 nitrogen and oxygen atoms in total. The number of amides is 2. The number of morpholine rings is 1. The maximum Gasteiger partial charge on any atom is 0.247 e. The second-order valence-corrected chi connectivity index (χ2v) is 11.5. The average molecular weight is 704 g/mol. The van der Waals surface area contributed by atoms with Crippen LogP contribution >= 0.6 is 22.6 Å². The third-order valence-corrected chi connectivity index (χ3v) is 8.14. The molecule has 0 aromatic heterocycles. The predicted octanol–water partition coefficient (Wildman–Crippen LogP) is 0.628. The maximum atomic E-state index is 13.6. The Morgan fingerprint density at radius 1 is 1.19 bits per heavy atom. The van der Waals surface area contributed by atoms with Crippen LogP contribution in [-0.2, 0) is 25.7 Å². The van der Waals surface area contributed by atoms with Gasteiger partial charge in [0.05, 0.1) is 43.1 Å². The summed E-state index contributed by atoms with van der Waals surface area (Å²) in [5, 5.41) is 33.2. The normalized spacial score (nSPS) is 20.9. The number of carbonyl (C=O) groups excluding carboxylic acids is 3. The lowest BCUT2D eigenvalue weighted by atomic mass is 9.87. The van der Waals surface area contributed by atoms with E-state index >= 15 is 0 Å². The molecule has 1 aromatic rings. The van der Waals surface area contributed by atoms with Gasteiger partial charge in [0.1, 0.15) is 18.0 Å². The van der Waals surface area contributed by atoms with Crippen LogP contribution in [0.15, 0.2) is 23.8 Å². The molecule has 0 spiro atoms. The van der Waals surface area contributed by atoms with Gasteiger partial charge in [-0.1, -0.05) is 0 Å². The summed E-state index contributed by atoms with van der Waals surface area (Å²) in [6.07, 6.45) is 0.203. The predicted molar refractivity (Wildman–Crippen MR) is 162 cm³/mol. The van der Waals surface area contributed by atoms with Crippen molar-refractivity contribution >= 4 is 40.2 Å². The molecular formula is C29H42IN3O9. The number of rotatable bonds is 15. The summed E-state index contributed by atoms with van der Waals surface area (Å²) in [4.78, 5) is 42.0. The molecule has 1 fully saturated rings. The van der Waals surface area contributed by atoms with Crippen molar-refractivity contribution in [3.05, 3.63) is 32.9 Å². The number of hydrogen-bond acceptors (Lipinski definition) is 10. The second kappa shape index (κ2) is 17.1. The molecule has 4 N–H and O–H groups in total. The molecule has 2 aliphatic rings. The van der Waals surface area contributed by atoms with Gasteiger partial charge in [0.25, 0.3) is 0 Å². The van der Waals surface area contributed by atoms with Crippen molar-refractivity contribution in [1.82, 2.24) is 15.1 Å². The first kappa shape index (κ1) is 34.2. The molecule has 3 rings (SSSR count). The number of aliphatic hydroxyl groups is 3. The van der Waals surface area contributed by atoms with Gasteiger partial charge in [-0.05, 0) is 59.7 Å². The SMILES string of the molecule is COc1cc(CO)cc(I)c1OC1C=C(C(=O)NCCO)CC(N(CCN2CCOCC2)C(=O)CCCC(C)=O)C1O. The lowest BCUT2D eigenvalue weighted by Gasteiger charge is -2.41. The quantitative estimate of drug-likeness (QED) is 0.191. The molecule has 1 heterocycles. The molecule has 234 valence electrons. The highest BCUT2D eigenvalue weighted by Gasteiger charge is 2.41. The number of Topliss-reactive ketones (excluding diaryl/α,β-unsaturated/α-hetero) is 1. The molecule has 3 unspecified atom stereocenters. The summed E-state index contributed by atoms with van der Waals surface area (Å²) in [6.45, 7) is 4.61. The first-order valence-electron chi connectivity index (χ1n) is 14.2. The number of halogens is 1. The Kier molecular flexibility index (Phi) is 13.9. The van der Waals surface area contributed by atoms with Crippen molar-refractivity contribution in [2.45, 2.75) is 57.5 Å². The van der Waals surface area contributed by atoms with Crippen molar-refractivity contribution in [2.75, 3.05) is 59.7 Å². The van der Waals surface area contributed by atoms with Gasteiger partial charge in [-0.25, -0.2) is 0 Å². The minimum absolute atomic E-state index is 0.00428. The summed E-state index contributed by atoms with van der Waals surface area (Å²) in [5.74, 6) is 0.0339. The Bertz CT molecular complexity index is 1110. The summed E-state index contributed by atoms with van der Waals surface area (Å²) in [7, 11) is 1.47. The molecule has 1 saturated heterocycles. The van der Waals surface area contributed by atoms with Crippen LogP contribution in [0.5, 0.6) is 11.5 Å². The minimum Gasteiger partial charge on any atom is -0.493 e. The molecule has 13 heteroatoms. The number of methoxy groups -OCH3 is 1. The van der Waals surface area contributed by atoms with Gasteiger partial charge in [0.2, 0.25) is 11.8 Å². The number of ketones is 1. The fourth-order valence-electron chi connectivity index (χ4n) is 5.08.